The first kappa shape index (κ1) is 20.8. The van der Waals surface area contributed by atoms with Gasteiger partial charge in [0.15, 0.2) is 0 Å². The number of carbonyl (C=O) groups is 1. The van der Waals surface area contributed by atoms with E-state index in [0.717, 1.165) is 42.6 Å². The molecule has 0 unspecified atom stereocenters. The number of ether oxygens (including phenoxy) is 1. The molecule has 0 bridgehead atoms. The van der Waals surface area contributed by atoms with Gasteiger partial charge in [-0.3, -0.25) is 4.79 Å². The van der Waals surface area contributed by atoms with Crippen molar-refractivity contribution >= 4 is 18.3 Å². The monoisotopic (exact) mass is 400 g/mol. The zero-order valence-corrected chi connectivity index (χ0v) is 17.6. The van der Waals surface area contributed by atoms with Crippen LogP contribution in [-0.2, 0) is 10.2 Å². The number of piperidine rings is 1. The van der Waals surface area contributed by atoms with Gasteiger partial charge < -0.3 is 15.4 Å². The predicted molar refractivity (Wildman–Crippen MR) is 114 cm³/mol. The van der Waals surface area contributed by atoms with E-state index in [1.165, 1.54) is 11.1 Å². The Morgan fingerprint density at radius 3 is 2.57 bits per heavy atom. The summed E-state index contributed by atoms with van der Waals surface area (Å²) in [5.41, 5.74) is 5.34. The topological polar surface area (TPSA) is 50.4 Å². The zero-order chi connectivity index (χ0) is 19.0. The lowest BCUT2D eigenvalue weighted by atomic mass is 9.72. The van der Waals surface area contributed by atoms with Gasteiger partial charge in [0, 0.05) is 18.1 Å². The minimum absolute atomic E-state index is 0. The van der Waals surface area contributed by atoms with Crippen LogP contribution in [0.25, 0.3) is 0 Å². The third kappa shape index (κ3) is 3.34. The summed E-state index contributed by atoms with van der Waals surface area (Å²) in [4.78, 5) is 13.1. The van der Waals surface area contributed by atoms with Crippen LogP contribution in [0, 0.1) is 13.8 Å². The van der Waals surface area contributed by atoms with E-state index in [9.17, 15) is 4.79 Å². The minimum Gasteiger partial charge on any atom is -0.378 e. The third-order valence-electron chi connectivity index (χ3n) is 6.35. The lowest BCUT2D eigenvalue weighted by molar-refractivity contribution is 0.00396. The van der Waals surface area contributed by atoms with E-state index in [1.807, 2.05) is 32.0 Å². The molecule has 150 valence electrons. The summed E-state index contributed by atoms with van der Waals surface area (Å²) in [6, 6.07) is 14.4. The highest BCUT2D eigenvalue weighted by molar-refractivity contribution is 5.96. The van der Waals surface area contributed by atoms with Gasteiger partial charge in [-0.2, -0.15) is 0 Å². The van der Waals surface area contributed by atoms with Crippen LogP contribution < -0.4 is 10.6 Å². The molecule has 0 radical (unpaired) electrons. The first-order valence-corrected chi connectivity index (χ1v) is 9.78. The Morgan fingerprint density at radius 2 is 1.86 bits per heavy atom. The predicted octanol–water partition coefficient (Wildman–Crippen LogP) is 3.85. The number of methoxy groups -OCH3 is 1. The Kier molecular flexibility index (Phi) is 6.13. The fourth-order valence-electron chi connectivity index (χ4n) is 5.00. The van der Waals surface area contributed by atoms with Gasteiger partial charge in [-0.1, -0.05) is 42.0 Å². The molecule has 1 spiro atoms. The second kappa shape index (κ2) is 8.24. The zero-order valence-electron chi connectivity index (χ0n) is 16.7. The summed E-state index contributed by atoms with van der Waals surface area (Å²) in [5.74, 6) is -0.0240. The number of aryl methyl sites for hydroxylation is 2. The van der Waals surface area contributed by atoms with Crippen LogP contribution in [0.2, 0.25) is 0 Å². The van der Waals surface area contributed by atoms with E-state index in [1.54, 1.807) is 7.11 Å². The molecule has 2 atom stereocenters. The van der Waals surface area contributed by atoms with E-state index >= 15 is 0 Å². The van der Waals surface area contributed by atoms with Crippen LogP contribution in [0.3, 0.4) is 0 Å². The molecule has 0 aromatic heterocycles. The Morgan fingerprint density at radius 1 is 1.14 bits per heavy atom. The van der Waals surface area contributed by atoms with Crippen molar-refractivity contribution in [3.05, 3.63) is 70.3 Å². The molecule has 2 aromatic rings. The van der Waals surface area contributed by atoms with Crippen molar-refractivity contribution in [2.75, 3.05) is 20.2 Å². The SMILES string of the molecule is CO[C@H]1[C@H](NC(=O)c2cc(C)ccc2C)c2ccccc2C12CCNCC2.Cl. The molecule has 4 nitrogen and oxygen atoms in total. The van der Waals surface area contributed by atoms with Crippen molar-refractivity contribution in [3.8, 4) is 0 Å². The summed E-state index contributed by atoms with van der Waals surface area (Å²) in [5, 5.41) is 6.77. The van der Waals surface area contributed by atoms with Gasteiger partial charge in [-0.05, 0) is 62.5 Å². The van der Waals surface area contributed by atoms with Crippen LogP contribution in [-0.4, -0.2) is 32.2 Å². The van der Waals surface area contributed by atoms with Crippen molar-refractivity contribution in [3.63, 3.8) is 0 Å². The molecule has 2 aromatic carbocycles. The fourth-order valence-corrected chi connectivity index (χ4v) is 5.00. The van der Waals surface area contributed by atoms with Gasteiger partial charge in [0.25, 0.3) is 5.91 Å². The Hall–Kier alpha value is -1.88. The Bertz CT molecular complexity index is 861. The van der Waals surface area contributed by atoms with Crippen LogP contribution in [0.1, 0.15) is 51.5 Å². The van der Waals surface area contributed by atoms with Crippen LogP contribution in [0.5, 0.6) is 0 Å². The van der Waals surface area contributed by atoms with Gasteiger partial charge in [0.2, 0.25) is 0 Å². The molecular weight excluding hydrogens is 372 g/mol. The van der Waals surface area contributed by atoms with Gasteiger partial charge >= 0.3 is 0 Å². The standard InChI is InChI=1S/C23H28N2O2.ClH/c1-15-8-9-16(2)18(14-15)22(26)25-20-17-6-4-5-7-19(17)23(21(20)27-3)10-12-24-13-11-23;/h4-9,14,20-21,24H,10-13H2,1-3H3,(H,25,26);1H/t20-,21+;/m1./s1. The Balaban J connectivity index is 0.00000225. The number of amides is 1. The largest absolute Gasteiger partial charge is 0.378 e. The van der Waals surface area contributed by atoms with Crippen molar-refractivity contribution < 1.29 is 9.53 Å². The number of carbonyl (C=O) groups excluding carboxylic acids is 1. The van der Waals surface area contributed by atoms with E-state index in [-0.39, 0.29) is 35.9 Å². The minimum atomic E-state index is -0.128. The van der Waals surface area contributed by atoms with E-state index in [4.69, 9.17) is 4.74 Å². The number of nitrogens with one attached hydrogen (secondary N) is 2. The number of fused-ring (bicyclic) bond motifs is 2. The number of halogens is 1. The van der Waals surface area contributed by atoms with E-state index < -0.39 is 0 Å². The van der Waals surface area contributed by atoms with Gasteiger partial charge in [-0.25, -0.2) is 0 Å². The maximum Gasteiger partial charge on any atom is 0.252 e. The normalized spacial score (nSPS) is 22.4. The molecule has 1 fully saturated rings. The highest BCUT2D eigenvalue weighted by Crippen LogP contribution is 2.51. The van der Waals surface area contributed by atoms with Crippen LogP contribution >= 0.6 is 12.4 Å². The number of benzene rings is 2. The molecule has 1 heterocycles. The maximum absolute atomic E-state index is 13.1. The summed E-state index contributed by atoms with van der Waals surface area (Å²) in [6.45, 7) is 5.96. The highest BCUT2D eigenvalue weighted by atomic mass is 35.5. The summed E-state index contributed by atoms with van der Waals surface area (Å²) in [7, 11) is 1.78. The molecule has 1 amide bonds. The van der Waals surface area contributed by atoms with Gasteiger partial charge in [0.05, 0.1) is 12.1 Å². The van der Waals surface area contributed by atoms with Crippen molar-refractivity contribution in [2.24, 2.45) is 0 Å². The maximum atomic E-state index is 13.1. The quantitative estimate of drug-likeness (QED) is 0.822. The molecule has 1 aliphatic carbocycles. The smallest absolute Gasteiger partial charge is 0.252 e. The van der Waals surface area contributed by atoms with E-state index in [2.05, 4.69) is 34.9 Å². The van der Waals surface area contributed by atoms with Gasteiger partial charge in [0.1, 0.15) is 0 Å². The second-order valence-corrected chi connectivity index (χ2v) is 7.92. The van der Waals surface area contributed by atoms with Gasteiger partial charge in [-0.15, -0.1) is 12.4 Å². The first-order chi connectivity index (χ1) is 13.1. The fraction of sp³-hybridized carbons (Fsp3) is 0.435. The average molecular weight is 401 g/mol. The highest BCUT2D eigenvalue weighted by Gasteiger charge is 2.53. The number of hydrogen-bond donors (Lipinski definition) is 2. The van der Waals surface area contributed by atoms with E-state index in [0.29, 0.717) is 0 Å². The summed E-state index contributed by atoms with van der Waals surface area (Å²) in [6.07, 6.45) is 2.00. The molecule has 1 aliphatic heterocycles. The average Bonchev–Trinajstić information content (AvgIpc) is 2.93. The third-order valence-corrected chi connectivity index (χ3v) is 6.35. The molecular formula is C23H29ClN2O2. The molecule has 1 saturated heterocycles. The summed E-state index contributed by atoms with van der Waals surface area (Å²) >= 11 is 0. The molecule has 2 aliphatic rings. The van der Waals surface area contributed by atoms with Crippen LogP contribution in [0.4, 0.5) is 0 Å². The lowest BCUT2D eigenvalue weighted by Crippen LogP contribution is -2.49. The number of hydrogen-bond acceptors (Lipinski definition) is 3. The molecule has 28 heavy (non-hydrogen) atoms. The molecule has 4 rings (SSSR count). The molecule has 2 N–H and O–H groups in total. The van der Waals surface area contributed by atoms with Crippen molar-refractivity contribution in [1.29, 1.82) is 0 Å². The van der Waals surface area contributed by atoms with Crippen molar-refractivity contribution in [1.82, 2.24) is 10.6 Å². The van der Waals surface area contributed by atoms with Crippen molar-refractivity contribution in [2.45, 2.75) is 44.2 Å². The summed E-state index contributed by atoms with van der Waals surface area (Å²) < 4.78 is 6.05. The second-order valence-electron chi connectivity index (χ2n) is 7.92. The first-order valence-electron chi connectivity index (χ1n) is 9.78. The van der Waals surface area contributed by atoms with Crippen LogP contribution in [0.15, 0.2) is 42.5 Å². The molecule has 0 saturated carbocycles. The number of rotatable bonds is 3. The molecule has 5 heteroatoms. The Labute approximate surface area is 173 Å². The lowest BCUT2D eigenvalue weighted by Gasteiger charge is -2.40.